The van der Waals surface area contributed by atoms with Crippen molar-refractivity contribution in [1.82, 2.24) is 20.1 Å². The number of aromatic nitrogens is 3. The van der Waals surface area contributed by atoms with E-state index in [1.54, 1.807) is 44.7 Å². The quantitative estimate of drug-likeness (QED) is 0.409. The van der Waals surface area contributed by atoms with Gasteiger partial charge in [-0.05, 0) is 55.8 Å². The molecule has 0 saturated heterocycles. The van der Waals surface area contributed by atoms with Gasteiger partial charge in [0, 0.05) is 23.8 Å². The van der Waals surface area contributed by atoms with Gasteiger partial charge >= 0.3 is 0 Å². The van der Waals surface area contributed by atoms with Gasteiger partial charge in [0.15, 0.2) is 11.5 Å². The van der Waals surface area contributed by atoms with Gasteiger partial charge in [-0.25, -0.2) is 0 Å². The summed E-state index contributed by atoms with van der Waals surface area (Å²) in [5.41, 5.74) is 9.01. The van der Waals surface area contributed by atoms with Crippen molar-refractivity contribution in [2.75, 3.05) is 44.7 Å². The molecule has 2 aromatic carbocycles. The molecule has 1 aromatic heterocycles. The molecule has 4 N–H and O–H groups in total. The van der Waals surface area contributed by atoms with Crippen LogP contribution in [0.5, 0.6) is 5.75 Å². The Morgan fingerprint density at radius 2 is 1.86 bits per heavy atom. The van der Waals surface area contributed by atoms with Crippen molar-refractivity contribution in [2.45, 2.75) is 25.8 Å². The zero-order valence-electron chi connectivity index (χ0n) is 21.4. The lowest BCUT2D eigenvalue weighted by Crippen LogP contribution is -2.39. The van der Waals surface area contributed by atoms with Gasteiger partial charge in [0.2, 0.25) is 5.95 Å². The molecule has 0 saturated carbocycles. The topological polar surface area (TPSA) is 135 Å². The molecule has 0 atom stereocenters. The summed E-state index contributed by atoms with van der Waals surface area (Å²) in [5, 5.41) is 15.0. The molecule has 1 aliphatic rings. The third-order valence-corrected chi connectivity index (χ3v) is 7.71. The molecule has 4 rings (SSSR count). The summed E-state index contributed by atoms with van der Waals surface area (Å²) in [6, 6.07) is 11.2. The number of likely N-dealkylation sites (N-methyl/N-ethyl adjacent to an activating group) is 1. The highest BCUT2D eigenvalue weighted by Crippen LogP contribution is 2.40. The van der Waals surface area contributed by atoms with Crippen LogP contribution in [0.3, 0.4) is 0 Å². The minimum atomic E-state index is -2.61. The van der Waals surface area contributed by atoms with Gasteiger partial charge in [0.1, 0.15) is 12.9 Å². The number of methoxy groups -OCH3 is 1. The summed E-state index contributed by atoms with van der Waals surface area (Å²) in [5.74, 6) is 0.123. The standard InChI is InChI=1S/C25H32N7O3P/c1-25(2)14-32(3)13-15-11-18(19(35-4)12-16(15)25)28-24-29-23(21(22(26)33)30-31-24)27-17-9-7-8-10-20(17)36(5,6)34/h7-12H,13-14H2,1-6H3,(H2,26,33)(H2,27,28,29,31). The van der Waals surface area contributed by atoms with Crippen molar-refractivity contribution >= 4 is 41.5 Å². The van der Waals surface area contributed by atoms with Crippen LogP contribution >= 0.6 is 7.14 Å². The number of rotatable bonds is 7. The Bertz CT molecular complexity index is 1370. The Morgan fingerprint density at radius 1 is 1.14 bits per heavy atom. The van der Waals surface area contributed by atoms with Crippen LogP contribution in [0, 0.1) is 0 Å². The second-order valence-corrected chi connectivity index (χ2v) is 13.3. The first-order chi connectivity index (χ1) is 16.9. The van der Waals surface area contributed by atoms with Crippen molar-refractivity contribution in [3.8, 4) is 5.75 Å². The molecular formula is C25H32N7O3P. The summed E-state index contributed by atoms with van der Waals surface area (Å²) in [4.78, 5) is 18.8. The normalized spacial score (nSPS) is 15.2. The Hall–Kier alpha value is -3.49. The third kappa shape index (κ3) is 5.20. The fourth-order valence-electron chi connectivity index (χ4n) is 4.69. The first-order valence-corrected chi connectivity index (χ1v) is 14.1. The van der Waals surface area contributed by atoms with Gasteiger partial charge in [-0.15, -0.1) is 10.2 Å². The van der Waals surface area contributed by atoms with E-state index in [0.717, 1.165) is 13.1 Å². The summed E-state index contributed by atoms with van der Waals surface area (Å²) in [7, 11) is 1.09. The van der Waals surface area contributed by atoms with Crippen molar-refractivity contribution in [3.05, 3.63) is 53.2 Å². The Balaban J connectivity index is 1.74. The number of carbonyl (C=O) groups excluding carboxylic acids is 1. The molecule has 1 amide bonds. The second-order valence-electron chi connectivity index (χ2n) is 10.1. The van der Waals surface area contributed by atoms with E-state index in [4.69, 9.17) is 10.5 Å². The number of nitrogens with one attached hydrogen (secondary N) is 2. The molecule has 36 heavy (non-hydrogen) atoms. The number of primary amides is 1. The van der Waals surface area contributed by atoms with Crippen LogP contribution in [-0.4, -0.2) is 60.0 Å². The van der Waals surface area contributed by atoms with E-state index in [0.29, 0.717) is 22.4 Å². The van der Waals surface area contributed by atoms with Gasteiger partial charge < -0.3 is 30.6 Å². The molecule has 190 valence electrons. The number of anilines is 4. The maximum atomic E-state index is 12.8. The molecule has 0 aliphatic carbocycles. The highest BCUT2D eigenvalue weighted by molar-refractivity contribution is 7.70. The SMILES string of the molecule is COc1cc2c(cc1Nc1nnc(C(N)=O)c(Nc3ccccc3P(C)(C)=O)n1)CN(C)CC2(C)C. The van der Waals surface area contributed by atoms with E-state index in [1.807, 2.05) is 12.1 Å². The largest absolute Gasteiger partial charge is 0.495 e. The fourth-order valence-corrected chi connectivity index (χ4v) is 5.84. The van der Waals surface area contributed by atoms with Crippen LogP contribution in [0.4, 0.5) is 23.1 Å². The van der Waals surface area contributed by atoms with E-state index < -0.39 is 13.0 Å². The zero-order chi connectivity index (χ0) is 26.3. The number of hydrogen-bond acceptors (Lipinski definition) is 9. The molecule has 2 heterocycles. The Labute approximate surface area is 211 Å². The van der Waals surface area contributed by atoms with Gasteiger partial charge in [0.05, 0.1) is 18.5 Å². The molecule has 0 spiro atoms. The van der Waals surface area contributed by atoms with Crippen LogP contribution in [0.2, 0.25) is 0 Å². The molecule has 0 bridgehead atoms. The van der Waals surface area contributed by atoms with Gasteiger partial charge in [-0.3, -0.25) is 4.79 Å². The van der Waals surface area contributed by atoms with Crippen molar-refractivity contribution in [1.29, 1.82) is 0 Å². The van der Waals surface area contributed by atoms with Gasteiger partial charge in [0.25, 0.3) is 5.91 Å². The zero-order valence-corrected chi connectivity index (χ0v) is 22.3. The minimum Gasteiger partial charge on any atom is -0.495 e. The molecule has 10 nitrogen and oxygen atoms in total. The third-order valence-electron chi connectivity index (χ3n) is 6.16. The summed E-state index contributed by atoms with van der Waals surface area (Å²) in [6.07, 6.45) is 0. The van der Waals surface area contributed by atoms with E-state index >= 15 is 0 Å². The van der Waals surface area contributed by atoms with Crippen LogP contribution in [-0.2, 0) is 16.5 Å². The number of hydrogen-bond donors (Lipinski definition) is 3. The van der Waals surface area contributed by atoms with Crippen LogP contribution in [0.25, 0.3) is 0 Å². The number of benzene rings is 2. The first kappa shape index (κ1) is 25.6. The Morgan fingerprint density at radius 3 is 2.53 bits per heavy atom. The van der Waals surface area contributed by atoms with Crippen LogP contribution in [0.1, 0.15) is 35.5 Å². The monoisotopic (exact) mass is 509 g/mol. The summed E-state index contributed by atoms with van der Waals surface area (Å²) < 4.78 is 18.5. The molecule has 1 aliphatic heterocycles. The number of carbonyl (C=O) groups is 1. The predicted molar refractivity (Wildman–Crippen MR) is 143 cm³/mol. The molecule has 0 radical (unpaired) electrons. The number of para-hydroxylation sites is 1. The Kier molecular flexibility index (Phi) is 6.77. The van der Waals surface area contributed by atoms with E-state index in [-0.39, 0.29) is 22.9 Å². The first-order valence-electron chi connectivity index (χ1n) is 11.5. The smallest absolute Gasteiger partial charge is 0.273 e. The average molecular weight is 510 g/mol. The molecule has 0 fully saturated rings. The molecule has 3 aromatic rings. The lowest BCUT2D eigenvalue weighted by molar-refractivity contribution is 0.0995. The van der Waals surface area contributed by atoms with Crippen molar-refractivity contribution < 1.29 is 14.1 Å². The number of nitrogens with two attached hydrogens (primary N) is 1. The van der Waals surface area contributed by atoms with Crippen LogP contribution in [0.15, 0.2) is 36.4 Å². The second kappa shape index (κ2) is 9.52. The van der Waals surface area contributed by atoms with E-state index in [1.165, 1.54) is 11.1 Å². The minimum absolute atomic E-state index is 0.0300. The van der Waals surface area contributed by atoms with E-state index in [2.05, 4.69) is 51.6 Å². The maximum Gasteiger partial charge on any atom is 0.273 e. The van der Waals surface area contributed by atoms with E-state index in [9.17, 15) is 9.36 Å². The highest BCUT2D eigenvalue weighted by atomic mass is 31.2. The van der Waals surface area contributed by atoms with Gasteiger partial charge in [-0.1, -0.05) is 26.0 Å². The van der Waals surface area contributed by atoms with Crippen molar-refractivity contribution in [2.24, 2.45) is 5.73 Å². The number of fused-ring (bicyclic) bond motifs is 1. The lowest BCUT2D eigenvalue weighted by atomic mass is 9.78. The highest BCUT2D eigenvalue weighted by Gasteiger charge is 2.31. The van der Waals surface area contributed by atoms with Crippen LogP contribution < -0.4 is 26.4 Å². The lowest BCUT2D eigenvalue weighted by Gasteiger charge is -2.38. The molecular weight excluding hydrogens is 477 g/mol. The summed E-state index contributed by atoms with van der Waals surface area (Å²) in [6.45, 7) is 9.52. The number of ether oxygens (including phenoxy) is 1. The maximum absolute atomic E-state index is 12.8. The van der Waals surface area contributed by atoms with Gasteiger partial charge in [-0.2, -0.15) is 4.98 Å². The fraction of sp³-hybridized carbons (Fsp3) is 0.360. The number of nitrogens with zero attached hydrogens (tertiary/aromatic N) is 4. The molecule has 11 heteroatoms. The average Bonchev–Trinajstić information content (AvgIpc) is 2.77. The summed E-state index contributed by atoms with van der Waals surface area (Å²) >= 11 is 0. The molecule has 0 unspecified atom stereocenters. The van der Waals surface area contributed by atoms with Crippen molar-refractivity contribution in [3.63, 3.8) is 0 Å². The number of amides is 1. The predicted octanol–water partition coefficient (Wildman–Crippen LogP) is 3.44.